The SMILES string of the molecule is [C-]#[N+]c1c(-n2c3ccccc3c3ccc4ccccc4c32)c(C#N)c(-n2c3ccccc3c3ccc4ccccc4c32)c(-n2c3ccccc3c3c4oc5ccccc5c4ccc32)c1-n1c2ccccc2c2ccc3ccccc3c21. The second kappa shape index (κ2) is 16.1. The second-order valence-corrected chi connectivity index (χ2v) is 21.2. The Hall–Kier alpha value is -11.4. The van der Waals surface area contributed by atoms with Crippen LogP contribution in [0.1, 0.15) is 5.56 Å². The first kappa shape index (κ1) is 43.7. The van der Waals surface area contributed by atoms with E-state index >= 15 is 0 Å². The number of para-hydroxylation sites is 5. The highest BCUT2D eigenvalue weighted by Gasteiger charge is 2.36. The summed E-state index contributed by atoms with van der Waals surface area (Å²) in [6.07, 6.45) is 0. The van der Waals surface area contributed by atoms with Gasteiger partial charge in [-0.1, -0.05) is 200 Å². The van der Waals surface area contributed by atoms with Gasteiger partial charge in [0, 0.05) is 64.6 Å². The van der Waals surface area contributed by atoms with Crippen LogP contribution < -0.4 is 0 Å². The van der Waals surface area contributed by atoms with Crippen LogP contribution in [0.25, 0.3) is 169 Å². The number of nitrogens with zero attached hydrogens (tertiary/aromatic N) is 6. The topological polar surface area (TPSA) is 61.0 Å². The van der Waals surface area contributed by atoms with Gasteiger partial charge < -0.3 is 22.7 Å². The molecule has 0 N–H and O–H groups in total. The number of nitriles is 1. The Morgan fingerprint density at radius 1 is 0.321 bits per heavy atom. The van der Waals surface area contributed by atoms with Crippen molar-refractivity contribution in [2.45, 2.75) is 0 Å². The van der Waals surface area contributed by atoms with Crippen molar-refractivity contribution in [2.75, 3.05) is 0 Å². The molecule has 0 aliphatic carbocycles. The monoisotopic (exact) mass is 1030 g/mol. The quantitative estimate of drug-likeness (QED) is 0.165. The summed E-state index contributed by atoms with van der Waals surface area (Å²) in [5, 5.41) is 29.4. The maximum Gasteiger partial charge on any atom is 0.237 e. The van der Waals surface area contributed by atoms with E-state index in [2.05, 4.69) is 255 Å². The van der Waals surface area contributed by atoms with Crippen molar-refractivity contribution in [2.24, 2.45) is 0 Å². The van der Waals surface area contributed by atoms with Gasteiger partial charge in [0.25, 0.3) is 0 Å². The third kappa shape index (κ3) is 5.63. The van der Waals surface area contributed by atoms with Gasteiger partial charge in [0.1, 0.15) is 17.2 Å². The molecule has 18 aromatic rings. The van der Waals surface area contributed by atoms with Crippen LogP contribution in [-0.2, 0) is 0 Å². The van der Waals surface area contributed by atoms with Crippen molar-refractivity contribution >= 4 is 147 Å². The first-order valence-electron chi connectivity index (χ1n) is 27.3. The third-order valence-electron chi connectivity index (χ3n) is 17.3. The van der Waals surface area contributed by atoms with E-state index in [0.717, 1.165) is 141 Å². The van der Waals surface area contributed by atoms with Crippen LogP contribution in [0.5, 0.6) is 0 Å². The largest absolute Gasteiger partial charge is 0.455 e. The molecule has 7 nitrogen and oxygen atoms in total. The Morgan fingerprint density at radius 2 is 0.716 bits per heavy atom. The molecule has 0 saturated carbocycles. The van der Waals surface area contributed by atoms with Gasteiger partial charge in [-0.3, -0.25) is 0 Å². The third-order valence-corrected chi connectivity index (χ3v) is 17.3. The molecule has 0 aliphatic heterocycles. The molecule has 0 saturated heterocycles. The van der Waals surface area contributed by atoms with Gasteiger partial charge in [0.2, 0.25) is 5.69 Å². The van der Waals surface area contributed by atoms with Crippen molar-refractivity contribution in [1.29, 1.82) is 5.26 Å². The lowest BCUT2D eigenvalue weighted by Crippen LogP contribution is -2.15. The molecule has 0 bridgehead atoms. The van der Waals surface area contributed by atoms with Gasteiger partial charge in [-0.2, -0.15) is 5.26 Å². The molecule has 0 radical (unpaired) electrons. The van der Waals surface area contributed by atoms with Crippen molar-refractivity contribution in [1.82, 2.24) is 18.3 Å². The lowest BCUT2D eigenvalue weighted by atomic mass is 10.0. The highest BCUT2D eigenvalue weighted by atomic mass is 16.3. The summed E-state index contributed by atoms with van der Waals surface area (Å²) in [6.45, 7) is 10.1. The lowest BCUT2D eigenvalue weighted by Gasteiger charge is -2.28. The lowest BCUT2D eigenvalue weighted by molar-refractivity contribution is 0.673. The van der Waals surface area contributed by atoms with E-state index in [4.69, 9.17) is 9.26 Å². The normalized spacial score (nSPS) is 12.2. The maximum atomic E-state index is 12.9. The van der Waals surface area contributed by atoms with Crippen molar-refractivity contribution in [3.8, 4) is 28.8 Å². The number of fused-ring (bicyclic) bond motifs is 22. The zero-order valence-corrected chi connectivity index (χ0v) is 43.2. The van der Waals surface area contributed by atoms with Gasteiger partial charge in [0.15, 0.2) is 0 Å². The molecule has 0 fully saturated rings. The summed E-state index contributed by atoms with van der Waals surface area (Å²) in [4.78, 5) is 4.90. The molecular formula is C74H40N6O. The van der Waals surface area contributed by atoms with Crippen LogP contribution in [0.2, 0.25) is 0 Å². The number of benzene rings is 13. The molecular weight excluding hydrogens is 989 g/mol. The van der Waals surface area contributed by atoms with E-state index in [1.807, 2.05) is 12.1 Å². The van der Waals surface area contributed by atoms with E-state index in [1.165, 1.54) is 0 Å². The van der Waals surface area contributed by atoms with Gasteiger partial charge in [-0.15, -0.1) is 0 Å². The van der Waals surface area contributed by atoms with Gasteiger partial charge in [0.05, 0.1) is 84.4 Å². The zero-order chi connectivity index (χ0) is 53.2. The maximum absolute atomic E-state index is 12.9. The fourth-order valence-electron chi connectivity index (χ4n) is 14.1. The van der Waals surface area contributed by atoms with Crippen LogP contribution in [-0.4, -0.2) is 18.3 Å². The first-order valence-corrected chi connectivity index (χ1v) is 27.3. The second-order valence-electron chi connectivity index (χ2n) is 21.2. The van der Waals surface area contributed by atoms with E-state index in [1.54, 1.807) is 0 Å². The number of furan rings is 1. The minimum absolute atomic E-state index is 0.331. The minimum atomic E-state index is 0.331. The molecule has 7 heteroatoms. The highest BCUT2D eigenvalue weighted by Crippen LogP contribution is 2.54. The van der Waals surface area contributed by atoms with Crippen LogP contribution >= 0.6 is 0 Å². The summed E-state index contributed by atoms with van der Waals surface area (Å²) in [7, 11) is 0. The molecule has 372 valence electrons. The standard InChI is InChI=1S/C74H40N6O/c1-76-66-70(78-59-29-13-8-24-49(59)53-37-34-43-18-2-5-21-46(43)67(53)78)58(42-75)71(79-60-30-14-9-25-50(60)54-38-35-44-19-3-6-22-47(44)68(54)79)73(72(66)80-61-31-15-10-26-51(61)55-39-36-45-20-4-7-23-48(45)69(55)80)77-62-32-16-11-28-57(62)65-63(77)41-40-56-52-27-12-17-33-64(52)81-74(56)65/h2-41H. The average Bonchev–Trinajstić information content (AvgIpc) is 4.28. The Labute approximate surface area is 461 Å². The van der Waals surface area contributed by atoms with Gasteiger partial charge in [-0.25, -0.2) is 4.85 Å². The molecule has 0 unspecified atom stereocenters. The Morgan fingerprint density at radius 3 is 1.21 bits per heavy atom. The minimum Gasteiger partial charge on any atom is -0.455 e. The summed E-state index contributed by atoms with van der Waals surface area (Å²) in [5.41, 5.74) is 12.1. The van der Waals surface area contributed by atoms with Gasteiger partial charge in [-0.05, 0) is 58.6 Å². The predicted octanol–water partition coefficient (Wildman–Crippen LogP) is 19.9. The molecule has 13 aromatic carbocycles. The molecule has 5 heterocycles. The molecule has 0 spiro atoms. The van der Waals surface area contributed by atoms with E-state index in [0.29, 0.717) is 34.0 Å². The molecule has 81 heavy (non-hydrogen) atoms. The van der Waals surface area contributed by atoms with Crippen molar-refractivity contribution in [3.63, 3.8) is 0 Å². The summed E-state index contributed by atoms with van der Waals surface area (Å²) < 4.78 is 16.3. The van der Waals surface area contributed by atoms with Crippen LogP contribution in [0.15, 0.2) is 247 Å². The number of hydrogen-bond acceptors (Lipinski definition) is 2. The van der Waals surface area contributed by atoms with E-state index in [9.17, 15) is 11.8 Å². The van der Waals surface area contributed by atoms with Crippen molar-refractivity contribution < 1.29 is 4.42 Å². The summed E-state index contributed by atoms with van der Waals surface area (Å²) >= 11 is 0. The first-order chi connectivity index (χ1) is 40.2. The van der Waals surface area contributed by atoms with Crippen LogP contribution in [0.4, 0.5) is 5.69 Å². The van der Waals surface area contributed by atoms with Gasteiger partial charge >= 0.3 is 0 Å². The fraction of sp³-hybridized carbons (Fsp3) is 0. The van der Waals surface area contributed by atoms with Crippen molar-refractivity contribution in [3.05, 3.63) is 260 Å². The average molecular weight is 1030 g/mol. The molecule has 0 amide bonds. The molecule has 0 aliphatic rings. The molecule has 0 atom stereocenters. The summed E-state index contributed by atoms with van der Waals surface area (Å²) in [5.74, 6) is 0. The predicted molar refractivity (Wildman–Crippen MR) is 335 cm³/mol. The zero-order valence-electron chi connectivity index (χ0n) is 43.2. The number of hydrogen-bond donors (Lipinski definition) is 0. The Balaban J connectivity index is 1.20. The molecule has 18 rings (SSSR count). The fourth-order valence-corrected chi connectivity index (χ4v) is 14.1. The smallest absolute Gasteiger partial charge is 0.237 e. The number of aromatic nitrogens is 4. The molecule has 5 aromatic heterocycles. The van der Waals surface area contributed by atoms with E-state index < -0.39 is 0 Å². The van der Waals surface area contributed by atoms with E-state index in [-0.39, 0.29) is 0 Å². The number of rotatable bonds is 4. The Bertz CT molecular complexity index is 5750. The Kier molecular flexibility index (Phi) is 8.68. The van der Waals surface area contributed by atoms with Crippen LogP contribution in [0, 0.1) is 17.9 Å². The highest BCUT2D eigenvalue weighted by molar-refractivity contribution is 6.27. The summed E-state index contributed by atoms with van der Waals surface area (Å²) in [6, 6.07) is 88.6. The van der Waals surface area contributed by atoms with Crippen LogP contribution in [0.3, 0.4) is 0 Å².